The van der Waals surface area contributed by atoms with Crippen molar-refractivity contribution in [3.05, 3.63) is 29.8 Å². The monoisotopic (exact) mass is 411 g/mol. The van der Waals surface area contributed by atoms with E-state index in [4.69, 9.17) is 4.74 Å². The average molecular weight is 411 g/mol. The molecule has 1 aromatic rings. The Hall–Kier alpha value is -2.62. The van der Waals surface area contributed by atoms with Crippen LogP contribution in [0, 0.1) is 5.92 Å². The molecule has 154 valence electrons. The number of para-hydroxylation sites is 1. The largest absolute Gasteiger partial charge is 0.452 e. The number of esters is 1. The Balaban J connectivity index is 1.85. The molecule has 0 bridgehead atoms. The Kier molecular flexibility index (Phi) is 7.38. The van der Waals surface area contributed by atoms with E-state index in [1.807, 2.05) is 0 Å². The highest BCUT2D eigenvalue weighted by Gasteiger charge is 2.23. The molecule has 1 aliphatic carbocycles. The van der Waals surface area contributed by atoms with Crippen LogP contribution in [0.2, 0.25) is 0 Å². The Labute approximate surface area is 164 Å². The molecule has 0 saturated heterocycles. The summed E-state index contributed by atoms with van der Waals surface area (Å²) < 4.78 is 29.9. The number of amides is 3. The minimum Gasteiger partial charge on any atom is -0.452 e. The third kappa shape index (κ3) is 6.84. The SMILES string of the molecule is CC1CCCCC1NC(=O)NC(=O)COC(=O)c1ccccc1NS(C)(=O)=O. The van der Waals surface area contributed by atoms with E-state index in [0.717, 1.165) is 31.9 Å². The number of hydrogen-bond donors (Lipinski definition) is 3. The van der Waals surface area contributed by atoms with Gasteiger partial charge in [0.15, 0.2) is 6.61 Å². The molecule has 0 spiro atoms. The first-order chi connectivity index (χ1) is 13.2. The summed E-state index contributed by atoms with van der Waals surface area (Å²) in [7, 11) is -3.59. The van der Waals surface area contributed by atoms with Crippen molar-refractivity contribution in [2.75, 3.05) is 17.6 Å². The van der Waals surface area contributed by atoms with Crippen LogP contribution in [0.3, 0.4) is 0 Å². The molecule has 2 atom stereocenters. The van der Waals surface area contributed by atoms with Crippen molar-refractivity contribution in [1.29, 1.82) is 0 Å². The van der Waals surface area contributed by atoms with Gasteiger partial charge < -0.3 is 10.1 Å². The fraction of sp³-hybridized carbons (Fsp3) is 0.500. The summed E-state index contributed by atoms with van der Waals surface area (Å²) in [6.45, 7) is 1.38. The Morgan fingerprint density at radius 3 is 2.50 bits per heavy atom. The van der Waals surface area contributed by atoms with E-state index in [2.05, 4.69) is 22.3 Å². The predicted molar refractivity (Wildman–Crippen MR) is 103 cm³/mol. The van der Waals surface area contributed by atoms with E-state index in [-0.39, 0.29) is 17.3 Å². The zero-order valence-electron chi connectivity index (χ0n) is 15.9. The van der Waals surface area contributed by atoms with Gasteiger partial charge >= 0.3 is 12.0 Å². The van der Waals surface area contributed by atoms with E-state index >= 15 is 0 Å². The normalized spacial score (nSPS) is 19.4. The highest BCUT2D eigenvalue weighted by Crippen LogP contribution is 2.23. The lowest BCUT2D eigenvalue weighted by atomic mass is 9.86. The van der Waals surface area contributed by atoms with Crippen molar-refractivity contribution in [3.8, 4) is 0 Å². The second-order valence-corrected chi connectivity index (χ2v) is 8.63. The molecular weight excluding hydrogens is 386 g/mol. The van der Waals surface area contributed by atoms with Crippen LogP contribution < -0.4 is 15.4 Å². The number of rotatable bonds is 6. The van der Waals surface area contributed by atoms with Crippen molar-refractivity contribution in [1.82, 2.24) is 10.6 Å². The number of nitrogens with one attached hydrogen (secondary N) is 3. The second kappa shape index (κ2) is 9.54. The van der Waals surface area contributed by atoms with Crippen molar-refractivity contribution in [2.24, 2.45) is 5.92 Å². The Morgan fingerprint density at radius 2 is 1.82 bits per heavy atom. The summed E-state index contributed by atoms with van der Waals surface area (Å²) >= 11 is 0. The molecule has 0 aliphatic heterocycles. The fourth-order valence-electron chi connectivity index (χ4n) is 3.06. The first kappa shape index (κ1) is 21.7. The van der Waals surface area contributed by atoms with Gasteiger partial charge in [0.2, 0.25) is 10.0 Å². The maximum Gasteiger partial charge on any atom is 0.340 e. The Morgan fingerprint density at radius 1 is 1.14 bits per heavy atom. The quantitative estimate of drug-likeness (QED) is 0.610. The number of imide groups is 1. The highest BCUT2D eigenvalue weighted by atomic mass is 32.2. The zero-order chi connectivity index (χ0) is 20.7. The summed E-state index contributed by atoms with van der Waals surface area (Å²) in [6, 6.07) is 5.23. The van der Waals surface area contributed by atoms with Crippen molar-refractivity contribution >= 4 is 33.6 Å². The molecule has 1 saturated carbocycles. The zero-order valence-corrected chi connectivity index (χ0v) is 16.7. The molecule has 0 heterocycles. The first-order valence-electron chi connectivity index (χ1n) is 9.00. The van der Waals surface area contributed by atoms with Crippen LogP contribution in [0.4, 0.5) is 10.5 Å². The maximum atomic E-state index is 12.2. The van der Waals surface area contributed by atoms with Gasteiger partial charge in [0.1, 0.15) is 0 Å². The molecule has 3 amide bonds. The van der Waals surface area contributed by atoms with Gasteiger partial charge in [-0.2, -0.15) is 0 Å². The molecule has 0 aromatic heterocycles. The van der Waals surface area contributed by atoms with Gasteiger partial charge in [-0.3, -0.25) is 14.8 Å². The van der Waals surface area contributed by atoms with Crippen molar-refractivity contribution in [3.63, 3.8) is 0 Å². The minimum atomic E-state index is -3.59. The van der Waals surface area contributed by atoms with Crippen LogP contribution in [0.15, 0.2) is 24.3 Å². The van der Waals surface area contributed by atoms with Gasteiger partial charge in [-0.1, -0.05) is 31.9 Å². The van der Waals surface area contributed by atoms with E-state index in [1.54, 1.807) is 6.07 Å². The minimum absolute atomic E-state index is 0.0121. The highest BCUT2D eigenvalue weighted by molar-refractivity contribution is 7.92. The van der Waals surface area contributed by atoms with Gasteiger partial charge in [0, 0.05) is 6.04 Å². The third-order valence-corrected chi connectivity index (χ3v) is 5.05. The average Bonchev–Trinajstić information content (AvgIpc) is 2.60. The number of anilines is 1. The van der Waals surface area contributed by atoms with E-state index < -0.39 is 34.5 Å². The van der Waals surface area contributed by atoms with Gasteiger partial charge in [-0.15, -0.1) is 0 Å². The molecule has 2 rings (SSSR count). The third-order valence-electron chi connectivity index (χ3n) is 4.46. The number of urea groups is 1. The van der Waals surface area contributed by atoms with Crippen LogP contribution in [0.5, 0.6) is 0 Å². The van der Waals surface area contributed by atoms with Gasteiger partial charge in [-0.25, -0.2) is 18.0 Å². The molecule has 1 fully saturated rings. The molecule has 10 heteroatoms. The molecule has 1 aromatic carbocycles. The number of carbonyl (C=O) groups is 3. The smallest absolute Gasteiger partial charge is 0.340 e. The summed E-state index contributed by atoms with van der Waals surface area (Å²) in [5.74, 6) is -1.32. The van der Waals surface area contributed by atoms with Crippen molar-refractivity contribution < 1.29 is 27.5 Å². The Bertz CT molecular complexity index is 839. The summed E-state index contributed by atoms with van der Waals surface area (Å²) in [5.41, 5.74) is 0.000597. The maximum absolute atomic E-state index is 12.2. The molecule has 1 aliphatic rings. The number of carbonyl (C=O) groups excluding carboxylic acids is 3. The number of ether oxygens (including phenoxy) is 1. The molecule has 0 radical (unpaired) electrons. The number of hydrogen-bond acceptors (Lipinski definition) is 6. The lowest BCUT2D eigenvalue weighted by molar-refractivity contribution is -0.123. The molecule has 9 nitrogen and oxygen atoms in total. The van der Waals surface area contributed by atoms with Crippen LogP contribution in [-0.2, 0) is 19.6 Å². The second-order valence-electron chi connectivity index (χ2n) is 6.89. The van der Waals surface area contributed by atoms with Crippen LogP contribution in [0.1, 0.15) is 43.0 Å². The molecule has 3 N–H and O–H groups in total. The summed E-state index contributed by atoms with van der Waals surface area (Å²) in [5, 5.41) is 4.90. The van der Waals surface area contributed by atoms with E-state index in [9.17, 15) is 22.8 Å². The van der Waals surface area contributed by atoms with Crippen LogP contribution in [-0.4, -0.2) is 45.2 Å². The standard InChI is InChI=1S/C18H25N3O6S/c1-12-7-3-5-9-14(12)19-18(24)20-16(22)11-27-17(23)13-8-4-6-10-15(13)21-28(2,25)26/h4,6,8,10,12,14,21H,3,5,7,9,11H2,1-2H3,(H2,19,20,22,24). The fourth-order valence-corrected chi connectivity index (χ4v) is 3.63. The topological polar surface area (TPSA) is 131 Å². The van der Waals surface area contributed by atoms with E-state index in [0.29, 0.717) is 5.92 Å². The number of benzene rings is 1. The predicted octanol–water partition coefficient (Wildman–Crippen LogP) is 1.62. The molecule has 28 heavy (non-hydrogen) atoms. The lowest BCUT2D eigenvalue weighted by Crippen LogP contribution is -2.48. The van der Waals surface area contributed by atoms with E-state index in [1.165, 1.54) is 18.2 Å². The first-order valence-corrected chi connectivity index (χ1v) is 10.9. The van der Waals surface area contributed by atoms with Crippen molar-refractivity contribution in [2.45, 2.75) is 38.6 Å². The molecule has 2 unspecified atom stereocenters. The van der Waals surface area contributed by atoms with Crippen LogP contribution in [0.25, 0.3) is 0 Å². The molecular formula is C18H25N3O6S. The van der Waals surface area contributed by atoms with Gasteiger partial charge in [0.05, 0.1) is 17.5 Å². The summed E-state index contributed by atoms with van der Waals surface area (Å²) in [6.07, 6.45) is 5.00. The van der Waals surface area contributed by atoms with Gasteiger partial charge in [0.25, 0.3) is 5.91 Å². The van der Waals surface area contributed by atoms with Gasteiger partial charge in [-0.05, 0) is 30.9 Å². The summed E-state index contributed by atoms with van der Waals surface area (Å²) in [4.78, 5) is 36.0. The van der Waals surface area contributed by atoms with Crippen LogP contribution >= 0.6 is 0 Å². The lowest BCUT2D eigenvalue weighted by Gasteiger charge is -2.29. The number of sulfonamides is 1.